The molecule has 0 aliphatic heterocycles. The smallest absolute Gasteiger partial charge is 0.205 e. The second-order valence-electron chi connectivity index (χ2n) is 5.53. The molecule has 3 rings (SSSR count). The summed E-state index contributed by atoms with van der Waals surface area (Å²) in [6, 6.07) is 12.1. The van der Waals surface area contributed by atoms with E-state index in [0.717, 1.165) is 20.8 Å². The molecule has 4 nitrogen and oxygen atoms in total. The van der Waals surface area contributed by atoms with Crippen LogP contribution in [0.1, 0.15) is 5.56 Å². The van der Waals surface area contributed by atoms with Crippen LogP contribution in [0.2, 0.25) is 10.3 Å². The van der Waals surface area contributed by atoms with Gasteiger partial charge in [-0.15, -0.1) is 0 Å². The summed E-state index contributed by atoms with van der Waals surface area (Å²) < 4.78 is 12.3. The van der Waals surface area contributed by atoms with E-state index in [9.17, 15) is 0 Å². The predicted molar refractivity (Wildman–Crippen MR) is 103 cm³/mol. The van der Waals surface area contributed by atoms with Crippen molar-refractivity contribution in [2.75, 3.05) is 20.3 Å². The predicted octanol–water partition coefficient (Wildman–Crippen LogP) is 5.42. The number of hydrogen-bond donors (Lipinski definition) is 0. The van der Waals surface area contributed by atoms with Crippen LogP contribution in [-0.2, 0) is 16.2 Å². The fourth-order valence-corrected chi connectivity index (χ4v) is 3.88. The van der Waals surface area contributed by atoms with Gasteiger partial charge in [0.25, 0.3) is 0 Å². The van der Waals surface area contributed by atoms with Crippen LogP contribution >= 0.6 is 35.0 Å². The summed E-state index contributed by atoms with van der Waals surface area (Å²) in [5, 5.41) is 1.04. The molecule has 0 atom stereocenters. The molecule has 7 heteroatoms. The molecule has 25 heavy (non-hydrogen) atoms. The van der Waals surface area contributed by atoms with Crippen molar-refractivity contribution in [2.24, 2.45) is 0 Å². The number of imidazole rings is 1. The summed E-state index contributed by atoms with van der Waals surface area (Å²) >= 11 is 14.4. The molecule has 1 heterocycles. The zero-order chi connectivity index (χ0) is 17.8. The summed E-state index contributed by atoms with van der Waals surface area (Å²) in [4.78, 5) is 6.50. The van der Waals surface area contributed by atoms with Crippen molar-refractivity contribution in [3.05, 3.63) is 52.3 Å². The third-order valence-electron chi connectivity index (χ3n) is 3.62. The Balaban J connectivity index is 1.87. The van der Waals surface area contributed by atoms with Crippen LogP contribution in [-0.4, -0.2) is 29.9 Å². The number of ether oxygens (including phenoxy) is 2. The quantitative estimate of drug-likeness (QED) is 0.499. The van der Waals surface area contributed by atoms with Crippen molar-refractivity contribution in [2.45, 2.75) is 23.4 Å². The van der Waals surface area contributed by atoms with Gasteiger partial charge in [-0.25, -0.2) is 4.98 Å². The Bertz CT molecular complexity index is 883. The van der Waals surface area contributed by atoms with Gasteiger partial charge < -0.3 is 9.47 Å². The van der Waals surface area contributed by atoms with Gasteiger partial charge >= 0.3 is 0 Å². The summed E-state index contributed by atoms with van der Waals surface area (Å²) in [6.07, 6.45) is 0. The van der Waals surface area contributed by atoms with Gasteiger partial charge in [0.1, 0.15) is 6.73 Å². The lowest BCUT2D eigenvalue weighted by Crippen LogP contribution is -2.07. The molecule has 0 N–H and O–H groups in total. The van der Waals surface area contributed by atoms with Gasteiger partial charge in [-0.05, 0) is 42.8 Å². The second kappa shape index (κ2) is 8.43. The number of halogens is 2. The lowest BCUT2D eigenvalue weighted by molar-refractivity contribution is 0.0359. The monoisotopic (exact) mass is 396 g/mol. The highest BCUT2D eigenvalue weighted by molar-refractivity contribution is 7.99. The Kier molecular flexibility index (Phi) is 6.25. The maximum Gasteiger partial charge on any atom is 0.205 e. The molecule has 0 saturated carbocycles. The van der Waals surface area contributed by atoms with Crippen LogP contribution in [0.4, 0.5) is 0 Å². The van der Waals surface area contributed by atoms with Crippen LogP contribution in [0.3, 0.4) is 0 Å². The van der Waals surface area contributed by atoms with Gasteiger partial charge in [0.15, 0.2) is 0 Å². The molecular weight excluding hydrogens is 379 g/mol. The zero-order valence-corrected chi connectivity index (χ0v) is 16.3. The number of fused-ring (bicyclic) bond motifs is 1. The summed E-state index contributed by atoms with van der Waals surface area (Å²) in [7, 11) is 1.64. The highest BCUT2D eigenvalue weighted by atomic mass is 35.5. The molecule has 0 fully saturated rings. The average molecular weight is 397 g/mol. The molecule has 0 aliphatic rings. The molecule has 3 aromatic rings. The van der Waals surface area contributed by atoms with Gasteiger partial charge in [-0.3, -0.25) is 4.57 Å². The van der Waals surface area contributed by atoms with E-state index in [1.165, 1.54) is 5.56 Å². The Morgan fingerprint density at radius 2 is 2.00 bits per heavy atom. The highest BCUT2D eigenvalue weighted by Crippen LogP contribution is 2.37. The number of aryl methyl sites for hydroxylation is 1. The molecular formula is C18H18Cl2N2O2S. The largest absolute Gasteiger partial charge is 0.382 e. The van der Waals surface area contributed by atoms with Crippen LogP contribution in [0.15, 0.2) is 46.2 Å². The summed E-state index contributed by atoms with van der Waals surface area (Å²) in [5.74, 6) is 0. The zero-order valence-electron chi connectivity index (χ0n) is 14.0. The maximum atomic E-state index is 6.49. The van der Waals surface area contributed by atoms with Crippen molar-refractivity contribution in [1.29, 1.82) is 0 Å². The molecule has 0 spiro atoms. The van der Waals surface area contributed by atoms with E-state index in [1.807, 2.05) is 18.2 Å². The minimum atomic E-state index is 0.305. The Hall–Kier alpha value is -1.24. The van der Waals surface area contributed by atoms with E-state index in [1.54, 1.807) is 23.4 Å². The topological polar surface area (TPSA) is 36.3 Å². The second-order valence-corrected chi connectivity index (χ2v) is 7.39. The lowest BCUT2D eigenvalue weighted by atomic mass is 10.2. The van der Waals surface area contributed by atoms with E-state index in [-0.39, 0.29) is 0 Å². The fraction of sp³-hybridized carbons (Fsp3) is 0.278. The van der Waals surface area contributed by atoms with Gasteiger partial charge in [-0.1, -0.05) is 41.1 Å². The average Bonchev–Trinajstić information content (AvgIpc) is 2.87. The molecule has 1 aromatic heterocycles. The Morgan fingerprint density at radius 1 is 1.16 bits per heavy atom. The normalized spacial score (nSPS) is 11.4. The fourth-order valence-electron chi connectivity index (χ4n) is 2.40. The van der Waals surface area contributed by atoms with Crippen LogP contribution < -0.4 is 0 Å². The third-order valence-corrected chi connectivity index (χ3v) is 5.39. The summed E-state index contributed by atoms with van der Waals surface area (Å²) in [6.45, 7) is 3.39. The number of aromatic nitrogens is 2. The molecule has 0 unspecified atom stereocenters. The van der Waals surface area contributed by atoms with Crippen molar-refractivity contribution in [1.82, 2.24) is 9.55 Å². The van der Waals surface area contributed by atoms with Crippen molar-refractivity contribution >= 4 is 46.0 Å². The first-order valence-corrected chi connectivity index (χ1v) is 9.32. The SMILES string of the molecule is COCCOCn1c(Cl)nc2cc(Sc3cccc(C)c3)c(Cl)cc21. The molecule has 0 radical (unpaired) electrons. The van der Waals surface area contributed by atoms with Gasteiger partial charge in [-0.2, -0.15) is 0 Å². The van der Waals surface area contributed by atoms with Crippen LogP contribution in [0, 0.1) is 6.92 Å². The number of benzene rings is 2. The minimum Gasteiger partial charge on any atom is -0.382 e. The van der Waals surface area contributed by atoms with Crippen LogP contribution in [0.25, 0.3) is 11.0 Å². The number of nitrogens with zero attached hydrogens (tertiary/aromatic N) is 2. The van der Waals surface area contributed by atoms with Crippen molar-refractivity contribution < 1.29 is 9.47 Å². The van der Waals surface area contributed by atoms with Crippen molar-refractivity contribution in [3.8, 4) is 0 Å². The van der Waals surface area contributed by atoms with E-state index in [4.69, 9.17) is 32.7 Å². The first-order valence-electron chi connectivity index (χ1n) is 7.75. The van der Waals surface area contributed by atoms with E-state index >= 15 is 0 Å². The first-order chi connectivity index (χ1) is 12.1. The molecule has 0 amide bonds. The molecule has 0 saturated heterocycles. The van der Waals surface area contributed by atoms with E-state index in [0.29, 0.717) is 30.3 Å². The summed E-state index contributed by atoms with van der Waals surface area (Å²) in [5.41, 5.74) is 2.85. The highest BCUT2D eigenvalue weighted by Gasteiger charge is 2.13. The Morgan fingerprint density at radius 3 is 2.76 bits per heavy atom. The first kappa shape index (κ1) is 18.5. The molecule has 0 bridgehead atoms. The molecule has 0 aliphatic carbocycles. The van der Waals surface area contributed by atoms with Gasteiger partial charge in [0, 0.05) is 16.9 Å². The standard InChI is InChI=1S/C18H18Cl2N2O2S/c1-12-4-3-5-13(8-12)25-17-10-15-16(9-14(17)19)22(18(20)21-15)11-24-7-6-23-2/h3-5,8-10H,6-7,11H2,1-2H3. The van der Waals surface area contributed by atoms with Gasteiger partial charge in [0.05, 0.1) is 29.3 Å². The molecule has 132 valence electrons. The third kappa shape index (κ3) is 4.49. The number of rotatable bonds is 7. The number of hydrogen-bond acceptors (Lipinski definition) is 4. The van der Waals surface area contributed by atoms with Crippen LogP contribution in [0.5, 0.6) is 0 Å². The van der Waals surface area contributed by atoms with E-state index in [2.05, 4.69) is 30.1 Å². The lowest BCUT2D eigenvalue weighted by Gasteiger charge is -2.09. The molecule has 2 aromatic carbocycles. The number of methoxy groups -OCH3 is 1. The minimum absolute atomic E-state index is 0.305. The van der Waals surface area contributed by atoms with Gasteiger partial charge in [0.2, 0.25) is 5.28 Å². The van der Waals surface area contributed by atoms with Crippen molar-refractivity contribution in [3.63, 3.8) is 0 Å². The Labute approximate surface area is 161 Å². The van der Waals surface area contributed by atoms with E-state index < -0.39 is 0 Å². The maximum absolute atomic E-state index is 6.49.